The summed E-state index contributed by atoms with van der Waals surface area (Å²) in [6, 6.07) is 11.2. The largest absolute Gasteiger partial charge is 0.348 e. The highest BCUT2D eigenvalue weighted by Gasteiger charge is 2.42. The molecule has 0 bridgehead atoms. The SMILES string of the molecule is CCN1C[C@@H](c2ccccc2)CC2(CCN(c3nccs3)CC2)C1. The number of aromatic nitrogens is 1. The van der Waals surface area contributed by atoms with Crippen molar-refractivity contribution in [2.75, 3.05) is 37.6 Å². The van der Waals surface area contributed by atoms with E-state index in [0.29, 0.717) is 11.3 Å². The van der Waals surface area contributed by atoms with E-state index in [1.807, 2.05) is 6.20 Å². The van der Waals surface area contributed by atoms with Crippen LogP contribution in [0.4, 0.5) is 5.13 Å². The summed E-state index contributed by atoms with van der Waals surface area (Å²) in [5, 5.41) is 3.29. The topological polar surface area (TPSA) is 19.4 Å². The predicted molar refractivity (Wildman–Crippen MR) is 102 cm³/mol. The smallest absolute Gasteiger partial charge is 0.185 e. The van der Waals surface area contributed by atoms with E-state index in [4.69, 9.17) is 0 Å². The first-order valence-electron chi connectivity index (χ1n) is 9.20. The van der Waals surface area contributed by atoms with Crippen molar-refractivity contribution in [1.82, 2.24) is 9.88 Å². The molecule has 0 radical (unpaired) electrons. The molecule has 2 fully saturated rings. The molecule has 0 amide bonds. The average molecular weight is 342 g/mol. The van der Waals surface area contributed by atoms with Gasteiger partial charge in [0.1, 0.15) is 0 Å². The highest BCUT2D eigenvalue weighted by atomic mass is 32.1. The Balaban J connectivity index is 1.50. The second-order valence-electron chi connectivity index (χ2n) is 7.44. The summed E-state index contributed by atoms with van der Waals surface area (Å²) in [6.45, 7) is 8.29. The van der Waals surface area contributed by atoms with Crippen LogP contribution in [0.1, 0.15) is 37.7 Å². The number of thiazole rings is 1. The number of hydrogen-bond donors (Lipinski definition) is 0. The van der Waals surface area contributed by atoms with Crippen molar-refractivity contribution in [2.45, 2.75) is 32.1 Å². The molecular formula is C20H27N3S. The summed E-state index contributed by atoms with van der Waals surface area (Å²) in [5.74, 6) is 0.686. The zero-order valence-corrected chi connectivity index (χ0v) is 15.3. The Bertz CT molecular complexity index is 632. The molecule has 3 heterocycles. The summed E-state index contributed by atoms with van der Waals surface area (Å²) in [6.07, 6.45) is 5.87. The molecule has 1 atom stereocenters. The molecule has 1 aromatic heterocycles. The number of rotatable bonds is 3. The normalized spacial score (nSPS) is 24.4. The van der Waals surface area contributed by atoms with Gasteiger partial charge in [-0.2, -0.15) is 0 Å². The van der Waals surface area contributed by atoms with Crippen molar-refractivity contribution < 1.29 is 0 Å². The van der Waals surface area contributed by atoms with Crippen molar-refractivity contribution in [1.29, 1.82) is 0 Å². The van der Waals surface area contributed by atoms with Crippen LogP contribution in [0, 0.1) is 5.41 Å². The summed E-state index contributed by atoms with van der Waals surface area (Å²) in [5.41, 5.74) is 2.01. The van der Waals surface area contributed by atoms with Crippen LogP contribution in [0.25, 0.3) is 0 Å². The molecular weight excluding hydrogens is 314 g/mol. The molecule has 2 saturated heterocycles. The molecule has 128 valence electrons. The van der Waals surface area contributed by atoms with Crippen LogP contribution in [0.2, 0.25) is 0 Å². The Kier molecular flexibility index (Phi) is 4.59. The van der Waals surface area contributed by atoms with Gasteiger partial charge in [-0.05, 0) is 42.7 Å². The van der Waals surface area contributed by atoms with E-state index in [9.17, 15) is 0 Å². The van der Waals surface area contributed by atoms with Gasteiger partial charge in [-0.15, -0.1) is 11.3 Å². The number of likely N-dealkylation sites (N-methyl/N-ethyl adjacent to an activating group) is 1. The molecule has 0 aliphatic carbocycles. The van der Waals surface area contributed by atoms with E-state index < -0.39 is 0 Å². The zero-order chi connectivity index (χ0) is 16.4. The molecule has 0 N–H and O–H groups in total. The van der Waals surface area contributed by atoms with Crippen LogP contribution in [-0.4, -0.2) is 42.6 Å². The van der Waals surface area contributed by atoms with E-state index in [0.717, 1.165) is 13.1 Å². The lowest BCUT2D eigenvalue weighted by Gasteiger charge is -2.50. The van der Waals surface area contributed by atoms with Gasteiger partial charge in [-0.1, -0.05) is 37.3 Å². The van der Waals surface area contributed by atoms with Crippen LogP contribution < -0.4 is 4.90 Å². The Morgan fingerprint density at radius 2 is 2.00 bits per heavy atom. The Hall–Kier alpha value is -1.39. The number of hydrogen-bond acceptors (Lipinski definition) is 4. The quantitative estimate of drug-likeness (QED) is 0.832. The molecule has 2 aliphatic heterocycles. The Morgan fingerprint density at radius 3 is 2.67 bits per heavy atom. The first kappa shape index (κ1) is 16.1. The van der Waals surface area contributed by atoms with Gasteiger partial charge in [0.2, 0.25) is 0 Å². The first-order chi connectivity index (χ1) is 11.8. The van der Waals surface area contributed by atoms with Crippen LogP contribution in [0.15, 0.2) is 41.9 Å². The highest BCUT2D eigenvalue weighted by Crippen LogP contribution is 2.45. The molecule has 1 spiro atoms. The predicted octanol–water partition coefficient (Wildman–Crippen LogP) is 4.24. The molecule has 2 aliphatic rings. The Labute approximate surface area is 149 Å². The summed E-state index contributed by atoms with van der Waals surface area (Å²) in [4.78, 5) is 9.67. The second kappa shape index (κ2) is 6.85. The summed E-state index contributed by atoms with van der Waals surface area (Å²) in [7, 11) is 0. The lowest BCUT2D eigenvalue weighted by atomic mass is 9.68. The summed E-state index contributed by atoms with van der Waals surface area (Å²) < 4.78 is 0. The average Bonchev–Trinajstić information content (AvgIpc) is 3.17. The van der Waals surface area contributed by atoms with E-state index >= 15 is 0 Å². The van der Waals surface area contributed by atoms with Crippen molar-refractivity contribution in [3.05, 3.63) is 47.5 Å². The molecule has 0 unspecified atom stereocenters. The minimum absolute atomic E-state index is 0.489. The highest BCUT2D eigenvalue weighted by molar-refractivity contribution is 7.13. The van der Waals surface area contributed by atoms with Gasteiger partial charge < -0.3 is 9.80 Å². The van der Waals surface area contributed by atoms with Gasteiger partial charge in [0, 0.05) is 37.8 Å². The standard InChI is InChI=1S/C20H27N3S/c1-2-22-15-18(17-6-4-3-5-7-17)14-20(16-22)8-11-23(12-9-20)19-21-10-13-24-19/h3-7,10,13,18H,2,8-9,11-12,14-16H2,1H3/t18-/m0/s1. The Morgan fingerprint density at radius 1 is 1.21 bits per heavy atom. The van der Waals surface area contributed by atoms with Crippen LogP contribution >= 0.6 is 11.3 Å². The minimum Gasteiger partial charge on any atom is -0.348 e. The van der Waals surface area contributed by atoms with Gasteiger partial charge in [0.15, 0.2) is 5.13 Å². The lowest BCUT2D eigenvalue weighted by Crippen LogP contribution is -2.51. The molecule has 1 aromatic carbocycles. The van der Waals surface area contributed by atoms with E-state index in [1.165, 1.54) is 49.6 Å². The van der Waals surface area contributed by atoms with Crippen LogP contribution in [-0.2, 0) is 0 Å². The van der Waals surface area contributed by atoms with Gasteiger partial charge >= 0.3 is 0 Å². The second-order valence-corrected chi connectivity index (χ2v) is 8.31. The molecule has 4 heteroatoms. The number of benzene rings is 1. The molecule has 2 aromatic rings. The fraction of sp³-hybridized carbons (Fsp3) is 0.550. The summed E-state index contributed by atoms with van der Waals surface area (Å²) >= 11 is 1.77. The van der Waals surface area contributed by atoms with E-state index in [1.54, 1.807) is 11.3 Å². The third kappa shape index (κ3) is 3.22. The number of anilines is 1. The fourth-order valence-electron chi connectivity index (χ4n) is 4.60. The molecule has 0 saturated carbocycles. The van der Waals surface area contributed by atoms with Crippen molar-refractivity contribution >= 4 is 16.5 Å². The minimum atomic E-state index is 0.489. The zero-order valence-electron chi connectivity index (χ0n) is 14.5. The number of nitrogens with zero attached hydrogens (tertiary/aromatic N) is 3. The van der Waals surface area contributed by atoms with Crippen molar-refractivity contribution in [3.8, 4) is 0 Å². The van der Waals surface area contributed by atoms with Crippen LogP contribution in [0.5, 0.6) is 0 Å². The molecule has 3 nitrogen and oxygen atoms in total. The van der Waals surface area contributed by atoms with E-state index in [2.05, 4.69) is 57.4 Å². The molecule has 4 rings (SSSR count). The lowest BCUT2D eigenvalue weighted by molar-refractivity contribution is 0.0544. The first-order valence-corrected chi connectivity index (χ1v) is 10.1. The maximum atomic E-state index is 4.50. The van der Waals surface area contributed by atoms with Gasteiger partial charge in [0.05, 0.1) is 0 Å². The maximum absolute atomic E-state index is 4.50. The number of piperidine rings is 2. The van der Waals surface area contributed by atoms with Crippen LogP contribution in [0.3, 0.4) is 0 Å². The van der Waals surface area contributed by atoms with Gasteiger partial charge in [-0.25, -0.2) is 4.98 Å². The maximum Gasteiger partial charge on any atom is 0.185 e. The van der Waals surface area contributed by atoms with Crippen molar-refractivity contribution in [3.63, 3.8) is 0 Å². The van der Waals surface area contributed by atoms with Gasteiger partial charge in [-0.3, -0.25) is 0 Å². The van der Waals surface area contributed by atoms with E-state index in [-0.39, 0.29) is 0 Å². The number of likely N-dealkylation sites (tertiary alicyclic amines) is 1. The van der Waals surface area contributed by atoms with Crippen molar-refractivity contribution in [2.24, 2.45) is 5.41 Å². The third-order valence-electron chi connectivity index (χ3n) is 5.95. The fourth-order valence-corrected chi connectivity index (χ4v) is 5.30. The van der Waals surface area contributed by atoms with Gasteiger partial charge in [0.25, 0.3) is 0 Å². The third-order valence-corrected chi connectivity index (χ3v) is 6.78. The molecule has 24 heavy (non-hydrogen) atoms. The monoisotopic (exact) mass is 341 g/mol.